The summed E-state index contributed by atoms with van der Waals surface area (Å²) in [6.45, 7) is 0.748. The van der Waals surface area contributed by atoms with Gasteiger partial charge in [-0.25, -0.2) is 4.79 Å². The number of ether oxygens (including phenoxy) is 2. The molecule has 1 aromatic heterocycles. The van der Waals surface area contributed by atoms with Crippen LogP contribution in [0.5, 0.6) is 11.5 Å². The molecule has 0 unspecified atom stereocenters. The number of halogens is 3. The summed E-state index contributed by atoms with van der Waals surface area (Å²) in [6, 6.07) is 14.4. The summed E-state index contributed by atoms with van der Waals surface area (Å²) in [5.41, 5.74) is 3.79. The lowest BCUT2D eigenvalue weighted by Gasteiger charge is -2.15. The van der Waals surface area contributed by atoms with E-state index in [0.717, 1.165) is 27.8 Å². The molecule has 4 rings (SSSR count). The van der Waals surface area contributed by atoms with Gasteiger partial charge < -0.3 is 24.8 Å². The third-order valence-electron chi connectivity index (χ3n) is 4.71. The fourth-order valence-electron chi connectivity index (χ4n) is 3.12. The zero-order chi connectivity index (χ0) is 22.0. The highest BCUT2D eigenvalue weighted by atomic mass is 35.5. The summed E-state index contributed by atoms with van der Waals surface area (Å²) < 4.78 is 11.4. The number of anilines is 1. The Hall–Kier alpha value is -2.80. The van der Waals surface area contributed by atoms with Gasteiger partial charge in [-0.2, -0.15) is 0 Å². The molecule has 0 atom stereocenters. The van der Waals surface area contributed by atoms with Crippen molar-refractivity contribution in [2.45, 2.75) is 13.2 Å². The maximum atomic E-state index is 11.4. The van der Waals surface area contributed by atoms with Crippen molar-refractivity contribution in [1.82, 2.24) is 9.97 Å². The summed E-state index contributed by atoms with van der Waals surface area (Å²) >= 11 is 18.5. The fourth-order valence-corrected chi connectivity index (χ4v) is 3.66. The molecule has 0 aliphatic carbocycles. The fraction of sp³-hybridized carbons (Fsp3) is 0.136. The second-order valence-electron chi connectivity index (χ2n) is 6.82. The molecule has 31 heavy (non-hydrogen) atoms. The van der Waals surface area contributed by atoms with Crippen LogP contribution < -0.4 is 20.5 Å². The number of rotatable bonds is 7. The zero-order valence-corrected chi connectivity index (χ0v) is 18.7. The Kier molecular flexibility index (Phi) is 6.32. The van der Waals surface area contributed by atoms with Crippen LogP contribution in [0.15, 0.2) is 53.3 Å². The van der Waals surface area contributed by atoms with E-state index in [0.29, 0.717) is 33.1 Å². The first-order valence-corrected chi connectivity index (χ1v) is 10.5. The first-order valence-electron chi connectivity index (χ1n) is 9.32. The smallest absolute Gasteiger partial charge is 0.323 e. The quantitative estimate of drug-likeness (QED) is 0.304. The maximum absolute atomic E-state index is 11.4. The molecule has 0 saturated carbocycles. The van der Waals surface area contributed by atoms with Crippen LogP contribution in [0.25, 0.3) is 11.0 Å². The minimum atomic E-state index is -0.239. The zero-order valence-electron chi connectivity index (χ0n) is 16.4. The molecular formula is C22H18Cl3N3O3. The van der Waals surface area contributed by atoms with Gasteiger partial charge in [0.15, 0.2) is 11.5 Å². The minimum absolute atomic E-state index is 0.239. The number of imidazole rings is 1. The van der Waals surface area contributed by atoms with Crippen LogP contribution in [0.4, 0.5) is 5.69 Å². The molecular weight excluding hydrogens is 461 g/mol. The molecule has 1 heterocycles. The number of aromatic amines is 2. The van der Waals surface area contributed by atoms with Crippen molar-refractivity contribution in [1.29, 1.82) is 0 Å². The van der Waals surface area contributed by atoms with Crippen LogP contribution in [0.2, 0.25) is 15.1 Å². The third-order valence-corrected chi connectivity index (χ3v) is 5.80. The molecule has 3 N–H and O–H groups in total. The number of nitrogens with one attached hydrogen (secondary N) is 3. The van der Waals surface area contributed by atoms with Gasteiger partial charge in [-0.05, 0) is 47.5 Å². The van der Waals surface area contributed by atoms with Gasteiger partial charge in [0.2, 0.25) is 0 Å². The van der Waals surface area contributed by atoms with E-state index in [4.69, 9.17) is 44.3 Å². The van der Waals surface area contributed by atoms with Gasteiger partial charge in [0.1, 0.15) is 6.61 Å². The Labute approximate surface area is 193 Å². The second kappa shape index (κ2) is 9.14. The lowest BCUT2D eigenvalue weighted by Crippen LogP contribution is -2.03. The molecule has 0 amide bonds. The molecule has 0 aliphatic heterocycles. The van der Waals surface area contributed by atoms with Crippen LogP contribution in [-0.2, 0) is 13.2 Å². The Balaban J connectivity index is 1.48. The number of fused-ring (bicyclic) bond motifs is 1. The molecule has 0 radical (unpaired) electrons. The molecule has 0 saturated heterocycles. The standard InChI is InChI=1S/C22H18Cl3N3O3/c1-30-20-7-13(10-26-14-3-5-18-19(8-14)28-22(29)27-18)16(24)9-21(20)31-11-12-2-4-15(23)17(25)6-12/h2-9,26H,10-11H2,1H3,(H2,27,28,29). The van der Waals surface area contributed by atoms with Crippen LogP contribution in [0.1, 0.15) is 11.1 Å². The van der Waals surface area contributed by atoms with Crippen molar-refractivity contribution in [2.24, 2.45) is 0 Å². The normalized spacial score (nSPS) is 11.0. The molecule has 4 aromatic rings. The summed E-state index contributed by atoms with van der Waals surface area (Å²) in [5.74, 6) is 1.08. The van der Waals surface area contributed by atoms with Crippen molar-refractivity contribution in [2.75, 3.05) is 12.4 Å². The lowest BCUT2D eigenvalue weighted by atomic mass is 10.2. The van der Waals surface area contributed by atoms with Crippen molar-refractivity contribution >= 4 is 51.5 Å². The van der Waals surface area contributed by atoms with E-state index in [2.05, 4.69) is 15.3 Å². The van der Waals surface area contributed by atoms with Crippen LogP contribution >= 0.6 is 34.8 Å². The topological polar surface area (TPSA) is 79.1 Å². The van der Waals surface area contributed by atoms with Gasteiger partial charge in [0, 0.05) is 23.3 Å². The predicted octanol–water partition coefficient (Wildman–Crippen LogP) is 6.02. The van der Waals surface area contributed by atoms with E-state index < -0.39 is 0 Å². The van der Waals surface area contributed by atoms with E-state index in [-0.39, 0.29) is 12.3 Å². The SMILES string of the molecule is COc1cc(CNc2ccc3[nH]c(=O)[nH]c3c2)c(Cl)cc1OCc1ccc(Cl)c(Cl)c1. The number of H-pyrrole nitrogens is 2. The molecule has 3 aromatic carbocycles. The summed E-state index contributed by atoms with van der Waals surface area (Å²) in [6.07, 6.45) is 0. The number of aromatic nitrogens is 2. The largest absolute Gasteiger partial charge is 0.493 e. The van der Waals surface area contributed by atoms with Gasteiger partial charge in [0.05, 0.1) is 28.2 Å². The number of hydrogen-bond donors (Lipinski definition) is 3. The van der Waals surface area contributed by atoms with Gasteiger partial charge in [-0.15, -0.1) is 0 Å². The Morgan fingerprint density at radius 2 is 1.68 bits per heavy atom. The lowest BCUT2D eigenvalue weighted by molar-refractivity contribution is 0.284. The molecule has 6 nitrogen and oxygen atoms in total. The minimum Gasteiger partial charge on any atom is -0.493 e. The highest BCUT2D eigenvalue weighted by Crippen LogP contribution is 2.34. The molecule has 0 fully saturated rings. The van der Waals surface area contributed by atoms with E-state index in [9.17, 15) is 4.79 Å². The summed E-state index contributed by atoms with van der Waals surface area (Å²) in [4.78, 5) is 16.9. The van der Waals surface area contributed by atoms with E-state index in [1.54, 1.807) is 25.3 Å². The molecule has 0 aliphatic rings. The number of methoxy groups -OCH3 is 1. The average molecular weight is 479 g/mol. The van der Waals surface area contributed by atoms with Gasteiger partial charge in [0.25, 0.3) is 0 Å². The third kappa shape index (κ3) is 4.93. The van der Waals surface area contributed by atoms with Crippen molar-refractivity contribution in [3.63, 3.8) is 0 Å². The molecule has 9 heteroatoms. The first-order chi connectivity index (χ1) is 14.9. The average Bonchev–Trinajstić information content (AvgIpc) is 3.13. The molecule has 0 spiro atoms. The Bertz CT molecular complexity index is 1300. The van der Waals surface area contributed by atoms with Crippen molar-refractivity contribution in [3.05, 3.63) is 85.2 Å². The maximum Gasteiger partial charge on any atom is 0.323 e. The van der Waals surface area contributed by atoms with Crippen LogP contribution in [0.3, 0.4) is 0 Å². The van der Waals surface area contributed by atoms with E-state index in [1.807, 2.05) is 30.3 Å². The monoisotopic (exact) mass is 477 g/mol. The highest BCUT2D eigenvalue weighted by molar-refractivity contribution is 6.42. The van der Waals surface area contributed by atoms with Gasteiger partial charge in [-0.1, -0.05) is 40.9 Å². The second-order valence-corrected chi connectivity index (χ2v) is 8.05. The van der Waals surface area contributed by atoms with Crippen molar-refractivity contribution < 1.29 is 9.47 Å². The molecule has 0 bridgehead atoms. The van der Waals surface area contributed by atoms with Crippen molar-refractivity contribution in [3.8, 4) is 11.5 Å². The first kappa shape index (κ1) is 21.4. The Morgan fingerprint density at radius 1 is 0.871 bits per heavy atom. The summed E-state index contributed by atoms with van der Waals surface area (Å²) in [7, 11) is 1.57. The molecule has 160 valence electrons. The summed E-state index contributed by atoms with van der Waals surface area (Å²) in [5, 5.41) is 4.79. The van der Waals surface area contributed by atoms with E-state index in [1.165, 1.54) is 0 Å². The van der Waals surface area contributed by atoms with Gasteiger partial charge >= 0.3 is 5.69 Å². The van der Waals surface area contributed by atoms with Crippen LogP contribution in [0, 0.1) is 0 Å². The van der Waals surface area contributed by atoms with Gasteiger partial charge in [-0.3, -0.25) is 0 Å². The van der Waals surface area contributed by atoms with E-state index >= 15 is 0 Å². The van der Waals surface area contributed by atoms with Crippen LogP contribution in [-0.4, -0.2) is 17.1 Å². The number of benzene rings is 3. The predicted molar refractivity (Wildman–Crippen MR) is 125 cm³/mol. The number of hydrogen-bond acceptors (Lipinski definition) is 4. The highest BCUT2D eigenvalue weighted by Gasteiger charge is 2.12. The Morgan fingerprint density at radius 3 is 2.45 bits per heavy atom.